The van der Waals surface area contributed by atoms with Gasteiger partial charge in [-0.2, -0.15) is 0 Å². The molecule has 18 heavy (non-hydrogen) atoms. The first-order chi connectivity index (χ1) is 8.54. The molecule has 4 nitrogen and oxygen atoms in total. The molecule has 0 saturated heterocycles. The van der Waals surface area contributed by atoms with E-state index in [0.29, 0.717) is 5.75 Å². The molecule has 0 bridgehead atoms. The van der Waals surface area contributed by atoms with Crippen LogP contribution in [0, 0.1) is 0 Å². The van der Waals surface area contributed by atoms with Crippen LogP contribution in [0.1, 0.15) is 38.8 Å². The van der Waals surface area contributed by atoms with Crippen LogP contribution < -0.4 is 15.8 Å². The number of hydrogen-bond acceptors (Lipinski definition) is 3. The molecule has 4 heteroatoms. The van der Waals surface area contributed by atoms with Crippen LogP contribution in [0.15, 0.2) is 24.3 Å². The molecular weight excluding hydrogens is 228 g/mol. The number of rotatable bonds is 7. The molecule has 0 aliphatic carbocycles. The molecule has 0 fully saturated rings. The summed E-state index contributed by atoms with van der Waals surface area (Å²) in [5, 5.41) is 3.40. The minimum Gasteiger partial charge on any atom is -0.481 e. The Morgan fingerprint density at radius 2 is 2.17 bits per heavy atom. The second-order valence-electron chi connectivity index (χ2n) is 4.41. The molecule has 1 amide bonds. The maximum absolute atomic E-state index is 10.9. The Hall–Kier alpha value is -1.55. The highest BCUT2D eigenvalue weighted by molar-refractivity contribution is 5.78. The van der Waals surface area contributed by atoms with Gasteiger partial charge in [-0.15, -0.1) is 0 Å². The third-order valence-corrected chi connectivity index (χ3v) is 2.77. The zero-order valence-electron chi connectivity index (χ0n) is 11.3. The quantitative estimate of drug-likeness (QED) is 0.778. The van der Waals surface area contributed by atoms with Crippen molar-refractivity contribution in [2.24, 2.45) is 5.73 Å². The van der Waals surface area contributed by atoms with E-state index in [0.717, 1.165) is 18.5 Å². The van der Waals surface area contributed by atoms with Gasteiger partial charge in [-0.05, 0) is 44.5 Å². The van der Waals surface area contributed by atoms with E-state index >= 15 is 0 Å². The molecule has 0 aromatic heterocycles. The highest BCUT2D eigenvalue weighted by Gasteiger charge is 2.11. The third kappa shape index (κ3) is 4.37. The Morgan fingerprint density at radius 3 is 2.78 bits per heavy atom. The number of primary amides is 1. The number of carbonyl (C=O) groups excluding carboxylic acids is 1. The number of ether oxygens (including phenoxy) is 1. The molecule has 1 rings (SSSR count). The molecule has 0 aliphatic rings. The predicted octanol–water partition coefficient (Wildman–Crippen LogP) is 2.00. The molecule has 0 radical (unpaired) electrons. The average Bonchev–Trinajstić information content (AvgIpc) is 2.36. The highest BCUT2D eigenvalue weighted by Crippen LogP contribution is 2.20. The van der Waals surface area contributed by atoms with Crippen LogP contribution in [0.25, 0.3) is 0 Å². The Bertz CT molecular complexity index is 393. The van der Waals surface area contributed by atoms with Crippen molar-refractivity contribution >= 4 is 5.91 Å². The van der Waals surface area contributed by atoms with Crippen molar-refractivity contribution in [2.75, 3.05) is 6.54 Å². The molecule has 1 aromatic rings. The van der Waals surface area contributed by atoms with Crippen LogP contribution in [0.2, 0.25) is 0 Å². The molecule has 0 heterocycles. The fourth-order valence-electron chi connectivity index (χ4n) is 1.60. The summed E-state index contributed by atoms with van der Waals surface area (Å²) in [5.74, 6) is 0.210. The van der Waals surface area contributed by atoms with E-state index in [-0.39, 0.29) is 6.04 Å². The van der Waals surface area contributed by atoms with E-state index in [1.54, 1.807) is 6.92 Å². The number of carbonyl (C=O) groups is 1. The molecule has 0 aliphatic heterocycles. The normalized spacial score (nSPS) is 13.9. The Balaban J connectivity index is 2.69. The van der Waals surface area contributed by atoms with E-state index in [2.05, 4.69) is 19.2 Å². The number of nitrogens with one attached hydrogen (secondary N) is 1. The second-order valence-corrected chi connectivity index (χ2v) is 4.41. The Morgan fingerprint density at radius 1 is 1.44 bits per heavy atom. The molecule has 0 saturated carbocycles. The van der Waals surface area contributed by atoms with E-state index in [1.807, 2.05) is 24.3 Å². The summed E-state index contributed by atoms with van der Waals surface area (Å²) in [6, 6.07) is 7.98. The monoisotopic (exact) mass is 250 g/mol. The SMILES string of the molecule is CCCNC(C)c1cccc(OC(C)C(N)=O)c1. The largest absolute Gasteiger partial charge is 0.481 e. The minimum atomic E-state index is -0.612. The van der Waals surface area contributed by atoms with Crippen molar-refractivity contribution in [1.29, 1.82) is 0 Å². The van der Waals surface area contributed by atoms with Gasteiger partial charge in [0.1, 0.15) is 5.75 Å². The number of nitrogens with two attached hydrogens (primary N) is 1. The lowest BCUT2D eigenvalue weighted by molar-refractivity contribution is -0.123. The van der Waals surface area contributed by atoms with Gasteiger partial charge < -0.3 is 15.8 Å². The van der Waals surface area contributed by atoms with Gasteiger partial charge in [-0.25, -0.2) is 0 Å². The number of hydrogen-bond donors (Lipinski definition) is 2. The summed E-state index contributed by atoms with van der Waals surface area (Å²) < 4.78 is 5.47. The fourth-order valence-corrected chi connectivity index (χ4v) is 1.60. The lowest BCUT2D eigenvalue weighted by Gasteiger charge is -2.16. The van der Waals surface area contributed by atoms with Crippen molar-refractivity contribution in [2.45, 2.75) is 39.3 Å². The van der Waals surface area contributed by atoms with Crippen LogP contribution in [-0.2, 0) is 4.79 Å². The molecular formula is C14H22N2O2. The first-order valence-electron chi connectivity index (χ1n) is 6.34. The van der Waals surface area contributed by atoms with Gasteiger partial charge in [-0.1, -0.05) is 19.1 Å². The average molecular weight is 250 g/mol. The van der Waals surface area contributed by atoms with Gasteiger partial charge >= 0.3 is 0 Å². The summed E-state index contributed by atoms with van der Waals surface area (Å²) >= 11 is 0. The fraction of sp³-hybridized carbons (Fsp3) is 0.500. The molecule has 2 unspecified atom stereocenters. The molecule has 2 atom stereocenters. The van der Waals surface area contributed by atoms with Gasteiger partial charge in [0.2, 0.25) is 0 Å². The standard InChI is InChI=1S/C14H22N2O2/c1-4-8-16-10(2)12-6-5-7-13(9-12)18-11(3)14(15)17/h5-7,9-11,16H,4,8H2,1-3H3,(H2,15,17). The van der Waals surface area contributed by atoms with E-state index in [4.69, 9.17) is 10.5 Å². The summed E-state index contributed by atoms with van der Waals surface area (Å²) in [6.07, 6.45) is 0.485. The summed E-state index contributed by atoms with van der Waals surface area (Å²) in [7, 11) is 0. The topological polar surface area (TPSA) is 64.3 Å². The second kappa shape index (κ2) is 7.01. The molecule has 0 spiro atoms. The predicted molar refractivity (Wildman–Crippen MR) is 72.4 cm³/mol. The molecule has 3 N–H and O–H groups in total. The van der Waals surface area contributed by atoms with E-state index in [9.17, 15) is 4.79 Å². The Labute approximate surface area is 109 Å². The molecule has 100 valence electrons. The summed E-state index contributed by atoms with van der Waals surface area (Å²) in [5.41, 5.74) is 6.31. The minimum absolute atomic E-state index is 0.261. The van der Waals surface area contributed by atoms with Crippen molar-refractivity contribution in [3.8, 4) is 5.75 Å². The van der Waals surface area contributed by atoms with E-state index in [1.165, 1.54) is 0 Å². The molecule has 1 aromatic carbocycles. The van der Waals surface area contributed by atoms with Crippen LogP contribution >= 0.6 is 0 Å². The van der Waals surface area contributed by atoms with Crippen molar-refractivity contribution in [3.05, 3.63) is 29.8 Å². The van der Waals surface area contributed by atoms with Gasteiger partial charge in [0, 0.05) is 6.04 Å². The number of amides is 1. The first kappa shape index (κ1) is 14.5. The van der Waals surface area contributed by atoms with Crippen LogP contribution in [0.3, 0.4) is 0 Å². The zero-order valence-corrected chi connectivity index (χ0v) is 11.3. The lowest BCUT2D eigenvalue weighted by atomic mass is 10.1. The van der Waals surface area contributed by atoms with Crippen molar-refractivity contribution in [3.63, 3.8) is 0 Å². The Kier molecular flexibility index (Phi) is 5.65. The van der Waals surface area contributed by atoms with Crippen LogP contribution in [-0.4, -0.2) is 18.6 Å². The smallest absolute Gasteiger partial charge is 0.258 e. The van der Waals surface area contributed by atoms with Gasteiger partial charge in [0.25, 0.3) is 5.91 Å². The highest BCUT2D eigenvalue weighted by atomic mass is 16.5. The van der Waals surface area contributed by atoms with Gasteiger partial charge in [-0.3, -0.25) is 4.79 Å². The van der Waals surface area contributed by atoms with Gasteiger partial charge in [0.05, 0.1) is 0 Å². The third-order valence-electron chi connectivity index (χ3n) is 2.77. The van der Waals surface area contributed by atoms with Crippen molar-refractivity contribution in [1.82, 2.24) is 5.32 Å². The zero-order chi connectivity index (χ0) is 13.5. The van der Waals surface area contributed by atoms with Crippen LogP contribution in [0.4, 0.5) is 0 Å². The maximum Gasteiger partial charge on any atom is 0.258 e. The summed E-state index contributed by atoms with van der Waals surface area (Å²) in [4.78, 5) is 10.9. The lowest BCUT2D eigenvalue weighted by Crippen LogP contribution is -2.30. The summed E-state index contributed by atoms with van der Waals surface area (Å²) in [6.45, 7) is 6.86. The van der Waals surface area contributed by atoms with Gasteiger partial charge in [0.15, 0.2) is 6.10 Å². The maximum atomic E-state index is 10.9. The van der Waals surface area contributed by atoms with Crippen molar-refractivity contribution < 1.29 is 9.53 Å². The van der Waals surface area contributed by atoms with E-state index < -0.39 is 12.0 Å². The number of benzene rings is 1. The first-order valence-corrected chi connectivity index (χ1v) is 6.34. The van der Waals surface area contributed by atoms with Crippen LogP contribution in [0.5, 0.6) is 5.75 Å².